The number of hydrogen-bond acceptors (Lipinski definition) is 3. The molecule has 27 heavy (non-hydrogen) atoms. The average Bonchev–Trinajstić information content (AvgIpc) is 2.71. The van der Waals surface area contributed by atoms with E-state index >= 15 is 0 Å². The normalized spacial score (nSPS) is 15.4. The second kappa shape index (κ2) is 10.0. The number of piperidine rings is 1. The van der Waals surface area contributed by atoms with Crippen LogP contribution in [0.4, 0.5) is 0 Å². The van der Waals surface area contributed by atoms with Crippen LogP contribution >= 0.6 is 0 Å². The molecule has 0 radical (unpaired) electrons. The molecule has 4 heteroatoms. The van der Waals surface area contributed by atoms with E-state index in [0.717, 1.165) is 38.0 Å². The minimum atomic E-state index is 0.0670. The predicted octanol–water partition coefficient (Wildman–Crippen LogP) is 3.82. The number of rotatable bonds is 8. The molecule has 0 aromatic heterocycles. The van der Waals surface area contributed by atoms with E-state index in [2.05, 4.69) is 34.5 Å². The number of benzene rings is 2. The Balaban J connectivity index is 1.32. The van der Waals surface area contributed by atoms with Crippen molar-refractivity contribution in [1.29, 1.82) is 0 Å². The van der Waals surface area contributed by atoms with Crippen LogP contribution in [0.15, 0.2) is 60.7 Å². The van der Waals surface area contributed by atoms with E-state index in [-0.39, 0.29) is 17.7 Å². The number of nitrogens with zero attached hydrogens (tertiary/aromatic N) is 1. The highest BCUT2D eigenvalue weighted by Crippen LogP contribution is 2.14. The van der Waals surface area contributed by atoms with Crippen molar-refractivity contribution in [3.8, 4) is 0 Å². The van der Waals surface area contributed by atoms with Gasteiger partial charge in [-0.1, -0.05) is 60.7 Å². The van der Waals surface area contributed by atoms with Crippen LogP contribution < -0.4 is 5.32 Å². The molecule has 0 bridgehead atoms. The molecule has 0 aliphatic carbocycles. The van der Waals surface area contributed by atoms with Crippen molar-refractivity contribution in [1.82, 2.24) is 10.2 Å². The van der Waals surface area contributed by atoms with Gasteiger partial charge < -0.3 is 5.32 Å². The lowest BCUT2D eigenvalue weighted by atomic mass is 10.0. The van der Waals surface area contributed by atoms with E-state index in [1.807, 2.05) is 36.4 Å². The minimum Gasteiger partial charge on any atom is -0.353 e. The first kappa shape index (κ1) is 19.3. The number of carbonyl (C=O) groups is 2. The predicted molar refractivity (Wildman–Crippen MR) is 108 cm³/mol. The second-order valence-electron chi connectivity index (χ2n) is 7.25. The number of amides is 1. The molecule has 2 aromatic carbocycles. The van der Waals surface area contributed by atoms with Crippen molar-refractivity contribution in [3.05, 3.63) is 71.8 Å². The van der Waals surface area contributed by atoms with Crippen LogP contribution in [0.2, 0.25) is 0 Å². The van der Waals surface area contributed by atoms with E-state index in [9.17, 15) is 9.59 Å². The molecule has 2 aromatic rings. The molecule has 1 N–H and O–H groups in total. The summed E-state index contributed by atoms with van der Waals surface area (Å²) in [6.07, 6.45) is 3.42. The number of ketones is 1. The van der Waals surface area contributed by atoms with E-state index < -0.39 is 0 Å². The fourth-order valence-corrected chi connectivity index (χ4v) is 3.55. The SMILES string of the molecule is O=C(CCCC(=O)c1ccccc1)NC1CCN(Cc2ccccc2)CC1. The Labute approximate surface area is 161 Å². The van der Waals surface area contributed by atoms with Crippen LogP contribution in [-0.4, -0.2) is 35.7 Å². The van der Waals surface area contributed by atoms with Gasteiger partial charge in [-0.2, -0.15) is 0 Å². The summed E-state index contributed by atoms with van der Waals surface area (Å²) in [6, 6.07) is 20.0. The van der Waals surface area contributed by atoms with Crippen molar-refractivity contribution >= 4 is 11.7 Å². The summed E-state index contributed by atoms with van der Waals surface area (Å²) in [7, 11) is 0. The standard InChI is InChI=1S/C23H28N2O2/c26-22(20-10-5-2-6-11-20)12-7-13-23(27)24-21-14-16-25(17-15-21)18-19-8-3-1-4-9-19/h1-6,8-11,21H,7,12-18H2,(H,24,27). The lowest BCUT2D eigenvalue weighted by Gasteiger charge is -2.32. The molecule has 1 fully saturated rings. The van der Waals surface area contributed by atoms with Crippen LogP contribution in [0.1, 0.15) is 48.0 Å². The molecule has 142 valence electrons. The summed E-state index contributed by atoms with van der Waals surface area (Å²) < 4.78 is 0. The Hall–Kier alpha value is -2.46. The molecule has 1 aliphatic rings. The van der Waals surface area contributed by atoms with Gasteiger partial charge in [0.25, 0.3) is 0 Å². The van der Waals surface area contributed by atoms with Crippen LogP contribution in [-0.2, 0) is 11.3 Å². The van der Waals surface area contributed by atoms with Gasteiger partial charge in [-0.25, -0.2) is 0 Å². The Bertz CT molecular complexity index is 723. The number of hydrogen-bond donors (Lipinski definition) is 1. The van der Waals surface area contributed by atoms with Gasteiger partial charge >= 0.3 is 0 Å². The highest BCUT2D eigenvalue weighted by molar-refractivity contribution is 5.96. The molecule has 0 unspecified atom stereocenters. The summed E-state index contributed by atoms with van der Waals surface area (Å²) >= 11 is 0. The zero-order valence-corrected chi connectivity index (χ0v) is 15.8. The van der Waals surface area contributed by atoms with Crippen molar-refractivity contribution in [2.24, 2.45) is 0 Å². The topological polar surface area (TPSA) is 49.4 Å². The molecule has 1 amide bonds. The van der Waals surface area contributed by atoms with Gasteiger partial charge in [-0.15, -0.1) is 0 Å². The molecule has 0 spiro atoms. The van der Waals surface area contributed by atoms with E-state index in [1.54, 1.807) is 0 Å². The van der Waals surface area contributed by atoms with Crippen molar-refractivity contribution in [2.75, 3.05) is 13.1 Å². The van der Waals surface area contributed by atoms with Gasteiger partial charge in [0, 0.05) is 44.1 Å². The molecule has 3 rings (SSSR count). The zero-order chi connectivity index (χ0) is 18.9. The number of Topliss-reactive ketones (excluding diaryl/α,β-unsaturated/α-hetero) is 1. The Kier molecular flexibility index (Phi) is 7.17. The molecule has 4 nitrogen and oxygen atoms in total. The average molecular weight is 364 g/mol. The van der Waals surface area contributed by atoms with E-state index in [0.29, 0.717) is 19.3 Å². The molecule has 1 aliphatic heterocycles. The third kappa shape index (κ3) is 6.33. The lowest BCUT2D eigenvalue weighted by molar-refractivity contribution is -0.122. The monoisotopic (exact) mass is 364 g/mol. The highest BCUT2D eigenvalue weighted by atomic mass is 16.1. The first-order valence-corrected chi connectivity index (χ1v) is 9.84. The Morgan fingerprint density at radius 2 is 1.52 bits per heavy atom. The van der Waals surface area contributed by atoms with E-state index in [1.165, 1.54) is 5.56 Å². The molecule has 1 heterocycles. The fourth-order valence-electron chi connectivity index (χ4n) is 3.55. The third-order valence-electron chi connectivity index (χ3n) is 5.11. The van der Waals surface area contributed by atoms with Gasteiger partial charge in [0.15, 0.2) is 5.78 Å². The Morgan fingerprint density at radius 3 is 2.19 bits per heavy atom. The quantitative estimate of drug-likeness (QED) is 0.725. The van der Waals surface area contributed by atoms with Gasteiger partial charge in [0.2, 0.25) is 5.91 Å². The molecule has 0 atom stereocenters. The lowest BCUT2D eigenvalue weighted by Crippen LogP contribution is -2.44. The van der Waals surface area contributed by atoms with Crippen molar-refractivity contribution in [2.45, 2.75) is 44.7 Å². The molecule has 0 saturated carbocycles. The van der Waals surface area contributed by atoms with Gasteiger partial charge in [0.05, 0.1) is 0 Å². The smallest absolute Gasteiger partial charge is 0.220 e. The highest BCUT2D eigenvalue weighted by Gasteiger charge is 2.20. The molecule has 1 saturated heterocycles. The maximum Gasteiger partial charge on any atom is 0.220 e. The van der Waals surface area contributed by atoms with Gasteiger partial charge in [-0.3, -0.25) is 14.5 Å². The second-order valence-corrected chi connectivity index (χ2v) is 7.25. The Morgan fingerprint density at radius 1 is 0.889 bits per heavy atom. The first-order chi connectivity index (χ1) is 13.2. The summed E-state index contributed by atoms with van der Waals surface area (Å²) in [5.41, 5.74) is 2.06. The minimum absolute atomic E-state index is 0.0670. The summed E-state index contributed by atoms with van der Waals surface area (Å²) in [4.78, 5) is 26.7. The summed E-state index contributed by atoms with van der Waals surface area (Å²) in [5.74, 6) is 0.176. The van der Waals surface area contributed by atoms with Crippen LogP contribution in [0.3, 0.4) is 0 Å². The third-order valence-corrected chi connectivity index (χ3v) is 5.11. The van der Waals surface area contributed by atoms with Crippen molar-refractivity contribution in [3.63, 3.8) is 0 Å². The number of likely N-dealkylation sites (tertiary alicyclic amines) is 1. The fraction of sp³-hybridized carbons (Fsp3) is 0.391. The first-order valence-electron chi connectivity index (χ1n) is 9.84. The summed E-state index contributed by atoms with van der Waals surface area (Å²) in [5, 5.41) is 3.14. The number of nitrogens with one attached hydrogen (secondary N) is 1. The van der Waals surface area contributed by atoms with Crippen LogP contribution in [0.5, 0.6) is 0 Å². The summed E-state index contributed by atoms with van der Waals surface area (Å²) in [6.45, 7) is 2.99. The largest absolute Gasteiger partial charge is 0.353 e. The molecular weight excluding hydrogens is 336 g/mol. The maximum atomic E-state index is 12.2. The van der Waals surface area contributed by atoms with Gasteiger partial charge in [-0.05, 0) is 24.8 Å². The van der Waals surface area contributed by atoms with Crippen LogP contribution in [0, 0.1) is 0 Å². The van der Waals surface area contributed by atoms with E-state index in [4.69, 9.17) is 0 Å². The number of carbonyl (C=O) groups excluding carboxylic acids is 2. The zero-order valence-electron chi connectivity index (χ0n) is 15.8. The van der Waals surface area contributed by atoms with Crippen LogP contribution in [0.25, 0.3) is 0 Å². The maximum absolute atomic E-state index is 12.2. The van der Waals surface area contributed by atoms with Crippen molar-refractivity contribution < 1.29 is 9.59 Å². The molecular formula is C23H28N2O2. The van der Waals surface area contributed by atoms with Gasteiger partial charge in [0.1, 0.15) is 0 Å².